The number of non-ortho nitro benzene ring substituents is 1. The van der Waals surface area contributed by atoms with Crippen LogP contribution in [0.1, 0.15) is 10.4 Å². The molecule has 0 atom stereocenters. The van der Waals surface area contributed by atoms with Gasteiger partial charge in [0.2, 0.25) is 0 Å². The lowest BCUT2D eigenvalue weighted by molar-refractivity contribution is -0.384. The average molecular weight is 260 g/mol. The largest absolute Gasteiger partial charge is 0.423 e. The Bertz CT molecular complexity index is 675. The van der Waals surface area contributed by atoms with Gasteiger partial charge in [-0.05, 0) is 24.3 Å². The molecule has 0 unspecified atom stereocenters. The quantitative estimate of drug-likeness (QED) is 0.390. The fourth-order valence-corrected chi connectivity index (χ4v) is 1.38. The number of aromatic amines is 1. The molecule has 96 valence electrons. The maximum Gasteiger partial charge on any atom is 0.349 e. The van der Waals surface area contributed by atoms with Gasteiger partial charge in [-0.1, -0.05) is 0 Å². The first-order valence-electron chi connectivity index (χ1n) is 5.22. The lowest BCUT2D eigenvalue weighted by Gasteiger charge is -2.02. The first kappa shape index (κ1) is 12.5. The summed E-state index contributed by atoms with van der Waals surface area (Å²) >= 11 is 0. The van der Waals surface area contributed by atoms with E-state index in [0.29, 0.717) is 0 Å². The van der Waals surface area contributed by atoms with Crippen molar-refractivity contribution in [3.63, 3.8) is 0 Å². The van der Waals surface area contributed by atoms with E-state index in [1.165, 1.54) is 42.6 Å². The van der Waals surface area contributed by atoms with Crippen molar-refractivity contribution in [3.05, 3.63) is 68.6 Å². The maximum atomic E-state index is 11.7. The third-order valence-corrected chi connectivity index (χ3v) is 2.30. The summed E-state index contributed by atoms with van der Waals surface area (Å²) in [6, 6.07) is 7.80. The van der Waals surface area contributed by atoms with Crippen LogP contribution >= 0.6 is 0 Å². The van der Waals surface area contributed by atoms with Gasteiger partial charge in [0, 0.05) is 18.3 Å². The van der Waals surface area contributed by atoms with Crippen molar-refractivity contribution in [2.75, 3.05) is 0 Å². The van der Waals surface area contributed by atoms with Crippen molar-refractivity contribution >= 4 is 11.7 Å². The molecule has 1 N–H and O–H groups in total. The minimum absolute atomic E-state index is 0.114. The summed E-state index contributed by atoms with van der Waals surface area (Å²) in [5.74, 6) is -0.699. The Morgan fingerprint density at radius 3 is 2.47 bits per heavy atom. The Morgan fingerprint density at radius 1 is 1.21 bits per heavy atom. The number of rotatable bonds is 3. The van der Waals surface area contributed by atoms with Gasteiger partial charge in [-0.2, -0.15) is 0 Å². The van der Waals surface area contributed by atoms with Crippen molar-refractivity contribution in [1.29, 1.82) is 0 Å². The van der Waals surface area contributed by atoms with Gasteiger partial charge in [-0.25, -0.2) is 4.79 Å². The molecule has 1 heterocycles. The molecule has 1 aromatic heterocycles. The van der Waals surface area contributed by atoms with E-state index in [1.807, 2.05) is 0 Å². The van der Waals surface area contributed by atoms with Crippen LogP contribution in [0, 0.1) is 10.1 Å². The molecule has 0 amide bonds. The van der Waals surface area contributed by atoms with Crippen molar-refractivity contribution in [2.24, 2.45) is 0 Å². The van der Waals surface area contributed by atoms with Crippen LogP contribution in [0.15, 0.2) is 47.4 Å². The smallest absolute Gasteiger partial charge is 0.349 e. The van der Waals surface area contributed by atoms with Gasteiger partial charge in [0.25, 0.3) is 11.2 Å². The number of esters is 1. The van der Waals surface area contributed by atoms with Gasteiger partial charge in [0.15, 0.2) is 0 Å². The molecule has 0 aliphatic carbocycles. The third kappa shape index (κ3) is 2.83. The van der Waals surface area contributed by atoms with Gasteiger partial charge in [0.05, 0.1) is 4.92 Å². The standard InChI is InChI=1S/C12H8N2O5/c15-11-10(2-1-7-13-11)12(16)19-9-5-3-8(4-6-9)14(17)18/h1-7H,(H,13,15). The summed E-state index contributed by atoms with van der Waals surface area (Å²) in [6.45, 7) is 0. The second kappa shape index (κ2) is 5.13. The van der Waals surface area contributed by atoms with Crippen LogP contribution in [0.4, 0.5) is 5.69 Å². The molecular formula is C12H8N2O5. The van der Waals surface area contributed by atoms with Crippen LogP contribution in [0.3, 0.4) is 0 Å². The summed E-state index contributed by atoms with van der Waals surface area (Å²) in [5.41, 5.74) is -0.812. The number of pyridine rings is 1. The van der Waals surface area contributed by atoms with E-state index >= 15 is 0 Å². The zero-order valence-corrected chi connectivity index (χ0v) is 9.53. The number of carbonyl (C=O) groups is 1. The number of nitrogens with one attached hydrogen (secondary N) is 1. The van der Waals surface area contributed by atoms with E-state index in [-0.39, 0.29) is 17.0 Å². The number of nitrogens with zero attached hydrogens (tertiary/aromatic N) is 1. The molecule has 7 nitrogen and oxygen atoms in total. The number of benzene rings is 1. The van der Waals surface area contributed by atoms with Gasteiger partial charge in [-0.15, -0.1) is 0 Å². The maximum absolute atomic E-state index is 11.7. The third-order valence-electron chi connectivity index (χ3n) is 2.30. The van der Waals surface area contributed by atoms with Crippen LogP contribution in [-0.4, -0.2) is 15.9 Å². The van der Waals surface area contributed by atoms with Gasteiger partial charge >= 0.3 is 5.97 Å². The molecular weight excluding hydrogens is 252 g/mol. The molecule has 0 saturated carbocycles. The van der Waals surface area contributed by atoms with E-state index in [1.54, 1.807) is 0 Å². The summed E-state index contributed by atoms with van der Waals surface area (Å²) in [7, 11) is 0. The van der Waals surface area contributed by atoms with E-state index in [2.05, 4.69) is 4.98 Å². The van der Waals surface area contributed by atoms with Crippen LogP contribution in [0.5, 0.6) is 5.75 Å². The predicted molar refractivity (Wildman–Crippen MR) is 65.1 cm³/mol. The molecule has 0 saturated heterocycles. The molecule has 0 bridgehead atoms. The summed E-state index contributed by atoms with van der Waals surface area (Å²) in [6.07, 6.45) is 1.39. The Labute approximate surface area is 106 Å². The number of carbonyl (C=O) groups excluding carboxylic acids is 1. The van der Waals surface area contributed by atoms with Crippen LogP contribution in [-0.2, 0) is 0 Å². The second-order valence-electron chi connectivity index (χ2n) is 3.55. The highest BCUT2D eigenvalue weighted by Crippen LogP contribution is 2.17. The van der Waals surface area contributed by atoms with Gasteiger partial charge in [-0.3, -0.25) is 14.9 Å². The minimum atomic E-state index is -0.823. The normalized spacial score (nSPS) is 9.89. The minimum Gasteiger partial charge on any atom is -0.423 e. The Balaban J connectivity index is 2.18. The Hall–Kier alpha value is -2.96. The molecule has 0 spiro atoms. The Kier molecular flexibility index (Phi) is 3.37. The van der Waals surface area contributed by atoms with Crippen molar-refractivity contribution in [2.45, 2.75) is 0 Å². The number of nitro benzene ring substituents is 1. The molecule has 0 aliphatic rings. The molecule has 19 heavy (non-hydrogen) atoms. The van der Waals surface area contributed by atoms with E-state index < -0.39 is 16.5 Å². The van der Waals surface area contributed by atoms with Gasteiger partial charge < -0.3 is 9.72 Å². The van der Waals surface area contributed by atoms with Crippen molar-refractivity contribution in [1.82, 2.24) is 4.98 Å². The molecule has 7 heteroatoms. The summed E-state index contributed by atoms with van der Waals surface area (Å²) < 4.78 is 4.93. The highest BCUT2D eigenvalue weighted by Gasteiger charge is 2.13. The number of aromatic nitrogens is 1. The predicted octanol–water partition coefficient (Wildman–Crippen LogP) is 1.50. The van der Waals surface area contributed by atoms with E-state index in [9.17, 15) is 19.7 Å². The first-order valence-corrected chi connectivity index (χ1v) is 5.22. The fraction of sp³-hybridized carbons (Fsp3) is 0. The lowest BCUT2D eigenvalue weighted by atomic mass is 10.3. The van der Waals surface area contributed by atoms with Crippen LogP contribution < -0.4 is 10.3 Å². The topological polar surface area (TPSA) is 102 Å². The Morgan fingerprint density at radius 2 is 1.89 bits per heavy atom. The van der Waals surface area contributed by atoms with Crippen molar-refractivity contribution < 1.29 is 14.5 Å². The molecule has 0 radical (unpaired) electrons. The molecule has 2 aromatic rings. The monoisotopic (exact) mass is 260 g/mol. The van der Waals surface area contributed by atoms with Crippen molar-refractivity contribution in [3.8, 4) is 5.75 Å². The van der Waals surface area contributed by atoms with Crippen LogP contribution in [0.25, 0.3) is 0 Å². The number of hydrogen-bond acceptors (Lipinski definition) is 5. The highest BCUT2D eigenvalue weighted by molar-refractivity contribution is 5.90. The zero-order chi connectivity index (χ0) is 13.8. The molecule has 2 rings (SSSR count). The SMILES string of the molecule is O=C(Oc1ccc([N+](=O)[O-])cc1)c1ccc[nH]c1=O. The highest BCUT2D eigenvalue weighted by atomic mass is 16.6. The number of ether oxygens (including phenoxy) is 1. The number of hydrogen-bond donors (Lipinski definition) is 1. The van der Waals surface area contributed by atoms with Gasteiger partial charge in [0.1, 0.15) is 11.3 Å². The molecule has 1 aromatic carbocycles. The van der Waals surface area contributed by atoms with Crippen LogP contribution in [0.2, 0.25) is 0 Å². The van der Waals surface area contributed by atoms with E-state index in [4.69, 9.17) is 4.74 Å². The fourth-order valence-electron chi connectivity index (χ4n) is 1.38. The zero-order valence-electron chi connectivity index (χ0n) is 9.53. The summed E-state index contributed by atoms with van der Waals surface area (Å²) in [4.78, 5) is 35.3. The number of H-pyrrole nitrogens is 1. The molecule has 0 fully saturated rings. The summed E-state index contributed by atoms with van der Waals surface area (Å²) in [5, 5.41) is 10.5. The molecule has 0 aliphatic heterocycles. The second-order valence-corrected chi connectivity index (χ2v) is 3.55. The lowest BCUT2D eigenvalue weighted by Crippen LogP contribution is -2.20. The van der Waals surface area contributed by atoms with E-state index in [0.717, 1.165) is 0 Å². The first-order chi connectivity index (χ1) is 9.08. The number of nitro groups is 1. The average Bonchev–Trinajstić information content (AvgIpc) is 2.39.